The second-order valence-corrected chi connectivity index (χ2v) is 5.09. The van der Waals surface area contributed by atoms with Crippen LogP contribution in [0.4, 0.5) is 5.69 Å². The number of carbonyl (C=O) groups excluding carboxylic acids is 1. The number of hydrogen-bond acceptors (Lipinski definition) is 5. The van der Waals surface area contributed by atoms with Gasteiger partial charge in [-0.15, -0.1) is 0 Å². The minimum absolute atomic E-state index is 0.112. The van der Waals surface area contributed by atoms with Crippen LogP contribution >= 0.6 is 0 Å². The molecule has 116 valence electrons. The van der Waals surface area contributed by atoms with Crippen molar-refractivity contribution in [3.63, 3.8) is 0 Å². The largest absolute Gasteiger partial charge is 0.488 e. The van der Waals surface area contributed by atoms with Crippen LogP contribution in [0.3, 0.4) is 0 Å². The monoisotopic (exact) mass is 302 g/mol. The van der Waals surface area contributed by atoms with Gasteiger partial charge < -0.3 is 24.9 Å². The van der Waals surface area contributed by atoms with Crippen molar-refractivity contribution in [1.82, 2.24) is 0 Å². The lowest BCUT2D eigenvalue weighted by atomic mass is 10.2. The van der Waals surface area contributed by atoms with Gasteiger partial charge in [0.15, 0.2) is 0 Å². The predicted octanol–water partition coefficient (Wildman–Crippen LogP) is 2.16. The van der Waals surface area contributed by atoms with Crippen molar-refractivity contribution < 1.29 is 18.7 Å². The van der Waals surface area contributed by atoms with Gasteiger partial charge in [0.1, 0.15) is 23.9 Å². The SMILES string of the molecule is NCc1cc(C(=O)Nc2ccc(OC3CCOC3)cc2)co1. The third kappa shape index (κ3) is 3.47. The summed E-state index contributed by atoms with van der Waals surface area (Å²) in [6, 6.07) is 8.88. The van der Waals surface area contributed by atoms with Crippen molar-refractivity contribution in [2.45, 2.75) is 19.1 Å². The summed E-state index contributed by atoms with van der Waals surface area (Å²) in [6.07, 6.45) is 2.42. The molecule has 3 N–H and O–H groups in total. The molecule has 2 heterocycles. The molecule has 3 rings (SSSR count). The zero-order valence-electron chi connectivity index (χ0n) is 12.1. The molecular formula is C16H18N2O4. The number of hydrogen-bond donors (Lipinski definition) is 2. The van der Waals surface area contributed by atoms with Crippen LogP contribution in [0.25, 0.3) is 0 Å². The summed E-state index contributed by atoms with van der Waals surface area (Å²) in [6.45, 7) is 1.64. The standard InChI is InChI=1S/C16H18N2O4/c17-8-15-7-11(9-21-15)16(19)18-12-1-3-13(4-2-12)22-14-5-6-20-10-14/h1-4,7,9,14H,5-6,8,10,17H2,(H,18,19). The smallest absolute Gasteiger partial charge is 0.258 e. The van der Waals surface area contributed by atoms with Crippen LogP contribution in [0, 0.1) is 0 Å². The number of furan rings is 1. The number of amides is 1. The highest BCUT2D eigenvalue weighted by Crippen LogP contribution is 2.20. The highest BCUT2D eigenvalue weighted by molar-refractivity contribution is 6.04. The van der Waals surface area contributed by atoms with Crippen molar-refractivity contribution in [2.75, 3.05) is 18.5 Å². The molecule has 1 saturated heterocycles. The van der Waals surface area contributed by atoms with Gasteiger partial charge in [0.05, 0.1) is 25.3 Å². The summed E-state index contributed by atoms with van der Waals surface area (Å²) in [5, 5.41) is 2.80. The Hall–Kier alpha value is -2.31. The van der Waals surface area contributed by atoms with Crippen LogP contribution in [0.1, 0.15) is 22.5 Å². The molecule has 2 aromatic rings. The number of carbonyl (C=O) groups is 1. The van der Waals surface area contributed by atoms with E-state index in [4.69, 9.17) is 19.6 Å². The van der Waals surface area contributed by atoms with E-state index in [1.54, 1.807) is 18.2 Å². The van der Waals surface area contributed by atoms with Gasteiger partial charge in [-0.1, -0.05) is 0 Å². The Labute approximate surface area is 128 Å². The third-order valence-electron chi connectivity index (χ3n) is 3.42. The van der Waals surface area contributed by atoms with Gasteiger partial charge in [-0.05, 0) is 30.3 Å². The van der Waals surface area contributed by atoms with E-state index in [1.807, 2.05) is 12.1 Å². The summed E-state index contributed by atoms with van der Waals surface area (Å²) >= 11 is 0. The summed E-state index contributed by atoms with van der Waals surface area (Å²) in [5.41, 5.74) is 6.59. The van der Waals surface area contributed by atoms with Crippen LogP contribution in [-0.4, -0.2) is 25.2 Å². The second kappa shape index (κ2) is 6.64. The first-order chi connectivity index (χ1) is 10.7. The number of anilines is 1. The van der Waals surface area contributed by atoms with E-state index in [0.29, 0.717) is 23.6 Å². The molecule has 0 bridgehead atoms. The quantitative estimate of drug-likeness (QED) is 0.884. The average Bonchev–Trinajstić information content (AvgIpc) is 3.20. The summed E-state index contributed by atoms with van der Waals surface area (Å²) in [7, 11) is 0. The van der Waals surface area contributed by atoms with Crippen molar-refractivity contribution in [3.05, 3.63) is 47.9 Å². The first kappa shape index (κ1) is 14.6. The Kier molecular flexibility index (Phi) is 4.41. The Morgan fingerprint density at radius 1 is 1.36 bits per heavy atom. The maximum Gasteiger partial charge on any atom is 0.258 e. The molecule has 1 unspecified atom stereocenters. The fourth-order valence-corrected chi connectivity index (χ4v) is 2.23. The lowest BCUT2D eigenvalue weighted by Crippen LogP contribution is -2.15. The fourth-order valence-electron chi connectivity index (χ4n) is 2.23. The van der Waals surface area contributed by atoms with Crippen LogP contribution in [0.5, 0.6) is 5.75 Å². The lowest BCUT2D eigenvalue weighted by molar-refractivity contribution is 0.102. The maximum atomic E-state index is 12.0. The number of nitrogens with two attached hydrogens (primary N) is 1. The van der Waals surface area contributed by atoms with E-state index < -0.39 is 0 Å². The molecule has 6 heteroatoms. The fraction of sp³-hybridized carbons (Fsp3) is 0.312. The van der Waals surface area contributed by atoms with Crippen molar-refractivity contribution in [1.29, 1.82) is 0 Å². The molecule has 1 aromatic heterocycles. The highest BCUT2D eigenvalue weighted by Gasteiger charge is 2.17. The first-order valence-electron chi connectivity index (χ1n) is 7.18. The number of nitrogens with one attached hydrogen (secondary N) is 1. The molecule has 1 amide bonds. The molecule has 1 atom stereocenters. The molecule has 22 heavy (non-hydrogen) atoms. The van der Waals surface area contributed by atoms with Crippen molar-refractivity contribution in [3.8, 4) is 5.75 Å². The van der Waals surface area contributed by atoms with Gasteiger partial charge in [0, 0.05) is 12.1 Å². The van der Waals surface area contributed by atoms with E-state index in [-0.39, 0.29) is 18.6 Å². The topological polar surface area (TPSA) is 86.7 Å². The van der Waals surface area contributed by atoms with E-state index in [2.05, 4.69) is 5.32 Å². The number of ether oxygens (including phenoxy) is 2. The van der Waals surface area contributed by atoms with E-state index in [1.165, 1.54) is 6.26 Å². The molecule has 0 aliphatic carbocycles. The van der Waals surface area contributed by atoms with Crippen LogP contribution in [0.15, 0.2) is 41.0 Å². The minimum Gasteiger partial charge on any atom is -0.488 e. The molecule has 1 aliphatic rings. The van der Waals surface area contributed by atoms with Gasteiger partial charge in [-0.3, -0.25) is 4.79 Å². The summed E-state index contributed by atoms with van der Waals surface area (Å²) in [5.74, 6) is 1.11. The molecule has 0 radical (unpaired) electrons. The van der Waals surface area contributed by atoms with Gasteiger partial charge >= 0.3 is 0 Å². The second-order valence-electron chi connectivity index (χ2n) is 5.09. The van der Waals surface area contributed by atoms with Gasteiger partial charge in [-0.2, -0.15) is 0 Å². The van der Waals surface area contributed by atoms with Crippen LogP contribution in [-0.2, 0) is 11.3 Å². The Morgan fingerprint density at radius 3 is 2.82 bits per heavy atom. The molecular weight excluding hydrogens is 284 g/mol. The number of rotatable bonds is 5. The lowest BCUT2D eigenvalue weighted by Gasteiger charge is -2.12. The highest BCUT2D eigenvalue weighted by atomic mass is 16.5. The maximum absolute atomic E-state index is 12.0. The summed E-state index contributed by atoms with van der Waals surface area (Å²) in [4.78, 5) is 12.0. The zero-order valence-corrected chi connectivity index (χ0v) is 12.1. The Bertz CT molecular complexity index is 630. The average molecular weight is 302 g/mol. The molecule has 0 saturated carbocycles. The van der Waals surface area contributed by atoms with E-state index in [0.717, 1.165) is 18.8 Å². The minimum atomic E-state index is -0.235. The van der Waals surface area contributed by atoms with Gasteiger partial charge in [-0.25, -0.2) is 0 Å². The molecule has 1 aromatic carbocycles. The van der Waals surface area contributed by atoms with Gasteiger partial charge in [0.25, 0.3) is 5.91 Å². The van der Waals surface area contributed by atoms with E-state index in [9.17, 15) is 4.79 Å². The molecule has 6 nitrogen and oxygen atoms in total. The van der Waals surface area contributed by atoms with Crippen LogP contribution < -0.4 is 15.8 Å². The van der Waals surface area contributed by atoms with E-state index >= 15 is 0 Å². The van der Waals surface area contributed by atoms with Crippen LogP contribution in [0.2, 0.25) is 0 Å². The van der Waals surface area contributed by atoms with Crippen molar-refractivity contribution >= 4 is 11.6 Å². The normalized spacial score (nSPS) is 17.4. The Balaban J connectivity index is 1.59. The molecule has 0 spiro atoms. The zero-order chi connectivity index (χ0) is 15.4. The summed E-state index contributed by atoms with van der Waals surface area (Å²) < 4.78 is 16.2. The molecule has 1 aliphatic heterocycles. The van der Waals surface area contributed by atoms with Crippen molar-refractivity contribution in [2.24, 2.45) is 5.73 Å². The predicted molar refractivity (Wildman–Crippen MR) is 80.8 cm³/mol. The first-order valence-corrected chi connectivity index (χ1v) is 7.18. The third-order valence-corrected chi connectivity index (χ3v) is 3.42. The van der Waals surface area contributed by atoms with Gasteiger partial charge in [0.2, 0.25) is 0 Å². The number of benzene rings is 1. The molecule has 1 fully saturated rings. The Morgan fingerprint density at radius 2 is 2.18 bits per heavy atom.